The second-order valence-electron chi connectivity index (χ2n) is 7.11. The molecule has 0 spiro atoms. The minimum absolute atomic E-state index is 0.0844. The molecule has 1 fully saturated rings. The smallest absolute Gasteiger partial charge is 0.309 e. The SMILES string of the molecule is COC(=O)Cc1cccc(OCCN(C)CC2(O)CCB(C#N)CC2)c1. The fourth-order valence-corrected chi connectivity index (χ4v) is 3.33. The molecule has 0 saturated carbocycles. The third-order valence-electron chi connectivity index (χ3n) is 4.88. The van der Waals surface area contributed by atoms with E-state index in [1.807, 2.05) is 31.3 Å². The number of aliphatic hydroxyl groups is 1. The number of nitriles is 1. The maximum atomic E-state index is 11.3. The zero-order valence-electron chi connectivity index (χ0n) is 15.6. The number of methoxy groups -OCH3 is 1. The minimum atomic E-state index is -0.706. The van der Waals surface area contributed by atoms with E-state index in [0.29, 0.717) is 38.3 Å². The van der Waals surface area contributed by atoms with Crippen LogP contribution in [0.4, 0.5) is 0 Å². The lowest BCUT2D eigenvalue weighted by molar-refractivity contribution is -0.139. The average Bonchev–Trinajstić information content (AvgIpc) is 2.62. The molecule has 0 aliphatic carbocycles. The van der Waals surface area contributed by atoms with Gasteiger partial charge >= 0.3 is 5.97 Å². The average molecular weight is 358 g/mol. The standard InChI is InChI=1S/C19H27BN2O4/c1-22(14-19(24)6-8-20(15-21)9-7-19)10-11-26-17-5-3-4-16(12-17)13-18(23)25-2/h3-5,12,24H,6-11,13-14H2,1-2H3. The van der Waals surface area contributed by atoms with Crippen molar-refractivity contribution in [3.63, 3.8) is 0 Å². The van der Waals surface area contributed by atoms with Crippen LogP contribution in [0.15, 0.2) is 24.3 Å². The summed E-state index contributed by atoms with van der Waals surface area (Å²) >= 11 is 0. The Morgan fingerprint density at radius 2 is 2.15 bits per heavy atom. The van der Waals surface area contributed by atoms with Crippen LogP contribution < -0.4 is 4.74 Å². The predicted molar refractivity (Wildman–Crippen MR) is 100 cm³/mol. The normalized spacial score (nSPS) is 16.2. The first-order chi connectivity index (χ1) is 12.4. The fourth-order valence-electron chi connectivity index (χ4n) is 3.33. The summed E-state index contributed by atoms with van der Waals surface area (Å²) in [6.07, 6.45) is 3.11. The third-order valence-corrected chi connectivity index (χ3v) is 4.88. The maximum absolute atomic E-state index is 11.3. The highest BCUT2D eigenvalue weighted by Crippen LogP contribution is 2.29. The summed E-state index contributed by atoms with van der Waals surface area (Å²) in [4.78, 5) is 13.4. The first kappa shape index (κ1) is 20.3. The van der Waals surface area contributed by atoms with E-state index >= 15 is 0 Å². The lowest BCUT2D eigenvalue weighted by Gasteiger charge is -2.36. The number of hydrogen-bond acceptors (Lipinski definition) is 6. The summed E-state index contributed by atoms with van der Waals surface area (Å²) < 4.78 is 10.4. The molecule has 6 nitrogen and oxygen atoms in total. The first-order valence-corrected chi connectivity index (χ1v) is 9.03. The van der Waals surface area contributed by atoms with Gasteiger partial charge in [0.2, 0.25) is 0 Å². The van der Waals surface area contributed by atoms with Crippen molar-refractivity contribution >= 4 is 12.7 Å². The van der Waals surface area contributed by atoms with Crippen LogP contribution >= 0.6 is 0 Å². The molecule has 7 heteroatoms. The molecule has 0 radical (unpaired) electrons. The monoisotopic (exact) mass is 358 g/mol. The number of esters is 1. The number of ether oxygens (including phenoxy) is 2. The molecule has 0 atom stereocenters. The van der Waals surface area contributed by atoms with E-state index in [2.05, 4.69) is 15.6 Å². The lowest BCUT2D eigenvalue weighted by Crippen LogP contribution is -2.46. The van der Waals surface area contributed by atoms with Gasteiger partial charge in [0.05, 0.1) is 19.1 Å². The van der Waals surface area contributed by atoms with Gasteiger partial charge in [0.1, 0.15) is 12.4 Å². The van der Waals surface area contributed by atoms with Crippen molar-refractivity contribution in [2.45, 2.75) is 37.5 Å². The minimum Gasteiger partial charge on any atom is -0.492 e. The van der Waals surface area contributed by atoms with E-state index in [9.17, 15) is 9.90 Å². The van der Waals surface area contributed by atoms with Gasteiger partial charge in [-0.2, -0.15) is 0 Å². The van der Waals surface area contributed by atoms with Crippen molar-refractivity contribution in [3.05, 3.63) is 29.8 Å². The number of likely N-dealkylation sites (N-methyl/N-ethyl adjacent to an activating group) is 1. The van der Waals surface area contributed by atoms with E-state index in [1.165, 1.54) is 7.11 Å². The zero-order valence-corrected chi connectivity index (χ0v) is 15.6. The van der Waals surface area contributed by atoms with Gasteiger partial charge < -0.3 is 19.5 Å². The summed E-state index contributed by atoms with van der Waals surface area (Å²) in [6, 6.07) is 7.42. The molecule has 1 aliphatic heterocycles. The Labute approximate surface area is 155 Å². The highest BCUT2D eigenvalue weighted by molar-refractivity contribution is 6.67. The molecule has 2 rings (SSSR count). The lowest BCUT2D eigenvalue weighted by atomic mass is 9.41. The quantitative estimate of drug-likeness (QED) is 0.564. The maximum Gasteiger partial charge on any atom is 0.309 e. The molecule has 1 N–H and O–H groups in total. The van der Waals surface area contributed by atoms with E-state index in [1.54, 1.807) is 0 Å². The summed E-state index contributed by atoms with van der Waals surface area (Å²) in [7, 11) is 3.34. The molecule has 1 aromatic carbocycles. The van der Waals surface area contributed by atoms with Gasteiger partial charge in [0, 0.05) is 19.1 Å². The predicted octanol–water partition coefficient (Wildman–Crippen LogP) is 1.80. The molecule has 0 bridgehead atoms. The summed E-state index contributed by atoms with van der Waals surface area (Å²) in [6.45, 7) is 1.85. The van der Waals surface area contributed by atoms with Crippen LogP contribution in [-0.2, 0) is 16.0 Å². The number of benzene rings is 1. The van der Waals surface area contributed by atoms with Gasteiger partial charge in [-0.05, 0) is 37.6 Å². The first-order valence-electron chi connectivity index (χ1n) is 9.03. The Hall–Kier alpha value is -2.04. The molecule has 1 aliphatic rings. The van der Waals surface area contributed by atoms with E-state index < -0.39 is 5.60 Å². The Bertz CT molecular complexity index is 639. The van der Waals surface area contributed by atoms with Gasteiger partial charge in [-0.1, -0.05) is 24.8 Å². The number of hydrogen-bond donors (Lipinski definition) is 1. The van der Waals surface area contributed by atoms with Crippen molar-refractivity contribution in [2.24, 2.45) is 0 Å². The van der Waals surface area contributed by atoms with Crippen LogP contribution in [0.2, 0.25) is 12.6 Å². The van der Waals surface area contributed by atoms with Gasteiger partial charge in [0.15, 0.2) is 0 Å². The second-order valence-corrected chi connectivity index (χ2v) is 7.11. The van der Waals surface area contributed by atoms with Crippen LogP contribution in [0, 0.1) is 11.2 Å². The molecular weight excluding hydrogens is 331 g/mol. The van der Waals surface area contributed by atoms with Crippen LogP contribution in [0.5, 0.6) is 5.75 Å². The Morgan fingerprint density at radius 1 is 1.42 bits per heavy atom. The molecule has 26 heavy (non-hydrogen) atoms. The third kappa shape index (κ3) is 6.36. The van der Waals surface area contributed by atoms with Crippen molar-refractivity contribution in [3.8, 4) is 11.7 Å². The molecule has 0 aromatic heterocycles. The molecule has 1 heterocycles. The van der Waals surface area contributed by atoms with Gasteiger partial charge in [-0.25, -0.2) is 5.26 Å². The molecule has 1 aromatic rings. The van der Waals surface area contributed by atoms with E-state index in [-0.39, 0.29) is 19.1 Å². The number of carbonyl (C=O) groups is 1. The van der Waals surface area contributed by atoms with Gasteiger partial charge in [-0.15, -0.1) is 0 Å². The van der Waals surface area contributed by atoms with Gasteiger partial charge in [0.25, 0.3) is 6.71 Å². The molecule has 1 saturated heterocycles. The highest BCUT2D eigenvalue weighted by atomic mass is 16.5. The topological polar surface area (TPSA) is 82.8 Å². The van der Waals surface area contributed by atoms with E-state index in [4.69, 9.17) is 10.00 Å². The van der Waals surface area contributed by atoms with Crippen molar-refractivity contribution in [1.29, 1.82) is 5.26 Å². The number of carbonyl (C=O) groups excluding carboxylic acids is 1. The van der Waals surface area contributed by atoms with Crippen molar-refractivity contribution in [2.75, 3.05) is 33.9 Å². The van der Waals surface area contributed by atoms with Crippen LogP contribution in [-0.4, -0.2) is 62.1 Å². The molecule has 0 amide bonds. The molecular formula is C19H27BN2O4. The van der Waals surface area contributed by atoms with Crippen LogP contribution in [0.1, 0.15) is 18.4 Å². The van der Waals surface area contributed by atoms with Crippen LogP contribution in [0.25, 0.3) is 0 Å². The summed E-state index contributed by atoms with van der Waals surface area (Å²) in [5.41, 5.74) is 0.147. The largest absolute Gasteiger partial charge is 0.492 e. The molecule has 140 valence electrons. The Kier molecular flexibility index (Phi) is 7.49. The van der Waals surface area contributed by atoms with Crippen molar-refractivity contribution < 1.29 is 19.4 Å². The second kappa shape index (κ2) is 9.60. The highest BCUT2D eigenvalue weighted by Gasteiger charge is 2.35. The zero-order chi connectivity index (χ0) is 19.0. The Morgan fingerprint density at radius 3 is 2.81 bits per heavy atom. The van der Waals surface area contributed by atoms with E-state index in [0.717, 1.165) is 18.2 Å². The summed E-state index contributed by atoms with van der Waals surface area (Å²) in [5, 5.41) is 19.6. The number of nitrogens with zero attached hydrogens (tertiary/aromatic N) is 2. The fraction of sp³-hybridized carbons (Fsp3) is 0.579. The molecule has 0 unspecified atom stereocenters. The van der Waals surface area contributed by atoms with Crippen LogP contribution in [0.3, 0.4) is 0 Å². The number of rotatable bonds is 8. The summed E-state index contributed by atoms with van der Waals surface area (Å²) in [5.74, 6) is 2.73. The van der Waals surface area contributed by atoms with Crippen molar-refractivity contribution in [1.82, 2.24) is 4.90 Å². The Balaban J connectivity index is 1.74. The van der Waals surface area contributed by atoms with Gasteiger partial charge in [-0.3, -0.25) is 4.79 Å².